The molecule has 2 N–H and O–H groups in total. The molecule has 0 aliphatic heterocycles. The molecule has 2 amide bonds. The predicted molar refractivity (Wildman–Crippen MR) is 80.9 cm³/mol. The Kier molecular flexibility index (Phi) is 4.90. The monoisotopic (exact) mass is 303 g/mol. The summed E-state index contributed by atoms with van der Waals surface area (Å²) in [4.78, 5) is 27.4. The van der Waals surface area contributed by atoms with E-state index in [0.29, 0.717) is 10.8 Å². The second-order valence-corrected chi connectivity index (χ2v) is 4.85. The average Bonchev–Trinajstić information content (AvgIpc) is 2.46. The van der Waals surface area contributed by atoms with E-state index in [0.717, 1.165) is 11.1 Å². The first kappa shape index (κ1) is 15.0. The highest BCUT2D eigenvalue weighted by Crippen LogP contribution is 2.14. The van der Waals surface area contributed by atoms with Gasteiger partial charge in [-0.2, -0.15) is 0 Å². The number of hydrogen-bond donors (Lipinski definition) is 2. The molecular formula is C15H14ClN3O2. The molecule has 1 aromatic heterocycles. The molecule has 2 aromatic rings. The summed E-state index contributed by atoms with van der Waals surface area (Å²) < 4.78 is 0. The maximum atomic E-state index is 11.7. The van der Waals surface area contributed by atoms with Crippen molar-refractivity contribution >= 4 is 29.2 Å². The number of anilines is 1. The number of rotatable bonds is 3. The minimum atomic E-state index is -0.764. The number of pyridine rings is 1. The van der Waals surface area contributed by atoms with Crippen molar-refractivity contribution in [1.29, 1.82) is 0 Å². The van der Waals surface area contributed by atoms with E-state index in [9.17, 15) is 9.59 Å². The molecule has 0 aliphatic rings. The SMILES string of the molecule is Cc1ccnc(NC(=O)C(=O)NCc2ccccc2Cl)c1. The topological polar surface area (TPSA) is 71.1 Å². The molecule has 5 nitrogen and oxygen atoms in total. The van der Waals surface area contributed by atoms with Crippen LogP contribution in [0.15, 0.2) is 42.6 Å². The first-order chi connectivity index (χ1) is 10.1. The van der Waals surface area contributed by atoms with Gasteiger partial charge in [-0.05, 0) is 36.2 Å². The number of nitrogens with one attached hydrogen (secondary N) is 2. The van der Waals surface area contributed by atoms with Crippen LogP contribution in [0.5, 0.6) is 0 Å². The number of hydrogen-bond acceptors (Lipinski definition) is 3. The lowest BCUT2D eigenvalue weighted by atomic mass is 10.2. The Morgan fingerprint density at radius 3 is 2.67 bits per heavy atom. The molecule has 1 aromatic carbocycles. The van der Waals surface area contributed by atoms with Gasteiger partial charge in [-0.15, -0.1) is 0 Å². The van der Waals surface area contributed by atoms with Gasteiger partial charge in [0.15, 0.2) is 0 Å². The molecule has 0 saturated heterocycles. The molecule has 21 heavy (non-hydrogen) atoms. The van der Waals surface area contributed by atoms with Crippen LogP contribution in [0.4, 0.5) is 5.82 Å². The van der Waals surface area contributed by atoms with E-state index in [2.05, 4.69) is 15.6 Å². The minimum absolute atomic E-state index is 0.188. The highest BCUT2D eigenvalue weighted by Gasteiger charge is 2.14. The third-order valence-corrected chi connectivity index (χ3v) is 3.13. The highest BCUT2D eigenvalue weighted by molar-refractivity contribution is 6.39. The third kappa shape index (κ3) is 4.29. The normalized spacial score (nSPS) is 10.0. The number of benzene rings is 1. The Morgan fingerprint density at radius 2 is 1.95 bits per heavy atom. The second kappa shape index (κ2) is 6.85. The van der Waals surface area contributed by atoms with Crippen LogP contribution in [-0.4, -0.2) is 16.8 Å². The van der Waals surface area contributed by atoms with Crippen molar-refractivity contribution in [3.8, 4) is 0 Å². The largest absolute Gasteiger partial charge is 0.344 e. The van der Waals surface area contributed by atoms with Crippen molar-refractivity contribution < 1.29 is 9.59 Å². The summed E-state index contributed by atoms with van der Waals surface area (Å²) in [5.41, 5.74) is 1.69. The fourth-order valence-corrected chi connectivity index (χ4v) is 1.88. The van der Waals surface area contributed by atoms with Crippen LogP contribution in [0.2, 0.25) is 5.02 Å². The van der Waals surface area contributed by atoms with E-state index >= 15 is 0 Å². The number of amides is 2. The van der Waals surface area contributed by atoms with Crippen molar-refractivity contribution in [2.45, 2.75) is 13.5 Å². The maximum absolute atomic E-state index is 11.7. The molecule has 0 bridgehead atoms. The fraction of sp³-hybridized carbons (Fsp3) is 0.133. The van der Waals surface area contributed by atoms with Gasteiger partial charge in [-0.3, -0.25) is 9.59 Å². The number of aromatic nitrogens is 1. The zero-order valence-corrected chi connectivity index (χ0v) is 12.1. The zero-order chi connectivity index (χ0) is 15.2. The van der Waals surface area contributed by atoms with E-state index < -0.39 is 11.8 Å². The van der Waals surface area contributed by atoms with Gasteiger partial charge in [0.25, 0.3) is 0 Å². The summed E-state index contributed by atoms with van der Waals surface area (Å²) in [5, 5.41) is 5.49. The third-order valence-electron chi connectivity index (χ3n) is 2.76. The number of carbonyl (C=O) groups excluding carboxylic acids is 2. The van der Waals surface area contributed by atoms with E-state index in [1.807, 2.05) is 13.0 Å². The smallest absolute Gasteiger partial charge is 0.314 e. The molecular weight excluding hydrogens is 290 g/mol. The Balaban J connectivity index is 1.91. The zero-order valence-electron chi connectivity index (χ0n) is 11.4. The second-order valence-electron chi connectivity index (χ2n) is 4.45. The standard InChI is InChI=1S/C15H14ClN3O2/c1-10-6-7-17-13(8-10)19-15(21)14(20)18-9-11-4-2-3-5-12(11)16/h2-8H,9H2,1H3,(H,18,20)(H,17,19,21). The van der Waals surface area contributed by atoms with Crippen LogP contribution in [0, 0.1) is 6.92 Å². The minimum Gasteiger partial charge on any atom is -0.344 e. The number of halogens is 1. The van der Waals surface area contributed by atoms with Gasteiger partial charge in [-0.25, -0.2) is 4.98 Å². The van der Waals surface area contributed by atoms with Crippen LogP contribution >= 0.6 is 11.6 Å². The van der Waals surface area contributed by atoms with Crippen LogP contribution < -0.4 is 10.6 Å². The number of aryl methyl sites for hydroxylation is 1. The van der Waals surface area contributed by atoms with E-state index in [-0.39, 0.29) is 6.54 Å². The Bertz CT molecular complexity index is 673. The van der Waals surface area contributed by atoms with Crippen molar-refractivity contribution in [3.05, 3.63) is 58.7 Å². The summed E-state index contributed by atoms with van der Waals surface area (Å²) in [6.45, 7) is 2.06. The van der Waals surface area contributed by atoms with Gasteiger partial charge in [0.1, 0.15) is 5.82 Å². The number of carbonyl (C=O) groups is 2. The highest BCUT2D eigenvalue weighted by atomic mass is 35.5. The lowest BCUT2D eigenvalue weighted by molar-refractivity contribution is -0.136. The lowest BCUT2D eigenvalue weighted by Gasteiger charge is -2.07. The lowest BCUT2D eigenvalue weighted by Crippen LogP contribution is -2.35. The van der Waals surface area contributed by atoms with Crippen LogP contribution in [0.3, 0.4) is 0 Å². The van der Waals surface area contributed by atoms with E-state index in [1.165, 1.54) is 0 Å². The fourth-order valence-electron chi connectivity index (χ4n) is 1.68. The van der Waals surface area contributed by atoms with Gasteiger partial charge in [0.05, 0.1) is 0 Å². The van der Waals surface area contributed by atoms with Gasteiger partial charge in [-0.1, -0.05) is 29.8 Å². The summed E-state index contributed by atoms with van der Waals surface area (Å²) in [6, 6.07) is 10.6. The van der Waals surface area contributed by atoms with E-state index in [4.69, 9.17) is 11.6 Å². The van der Waals surface area contributed by atoms with Crippen LogP contribution in [0.25, 0.3) is 0 Å². The summed E-state index contributed by atoms with van der Waals surface area (Å²) in [5.74, 6) is -1.16. The van der Waals surface area contributed by atoms with Crippen LogP contribution in [-0.2, 0) is 16.1 Å². The summed E-state index contributed by atoms with van der Waals surface area (Å²) >= 11 is 5.97. The molecule has 0 atom stereocenters. The molecule has 0 saturated carbocycles. The van der Waals surface area contributed by atoms with Gasteiger partial charge < -0.3 is 10.6 Å². The maximum Gasteiger partial charge on any atom is 0.314 e. The molecule has 0 spiro atoms. The Labute approximate surface area is 127 Å². The molecule has 0 radical (unpaired) electrons. The van der Waals surface area contributed by atoms with Crippen molar-refractivity contribution in [2.75, 3.05) is 5.32 Å². The molecule has 0 aliphatic carbocycles. The molecule has 2 rings (SSSR count). The molecule has 0 unspecified atom stereocenters. The van der Waals surface area contributed by atoms with Crippen molar-refractivity contribution in [2.24, 2.45) is 0 Å². The van der Waals surface area contributed by atoms with Gasteiger partial charge >= 0.3 is 11.8 Å². The first-order valence-electron chi connectivity index (χ1n) is 6.31. The predicted octanol–water partition coefficient (Wildman–Crippen LogP) is 2.30. The summed E-state index contributed by atoms with van der Waals surface area (Å²) in [7, 11) is 0. The molecule has 1 heterocycles. The molecule has 0 fully saturated rings. The molecule has 108 valence electrons. The van der Waals surface area contributed by atoms with Gasteiger partial charge in [0.2, 0.25) is 0 Å². The average molecular weight is 304 g/mol. The molecule has 6 heteroatoms. The van der Waals surface area contributed by atoms with Crippen molar-refractivity contribution in [3.63, 3.8) is 0 Å². The van der Waals surface area contributed by atoms with Crippen molar-refractivity contribution in [1.82, 2.24) is 10.3 Å². The first-order valence-corrected chi connectivity index (χ1v) is 6.69. The van der Waals surface area contributed by atoms with Gasteiger partial charge in [0, 0.05) is 17.8 Å². The number of nitrogens with zero attached hydrogens (tertiary/aromatic N) is 1. The Hall–Kier alpha value is -2.40. The van der Waals surface area contributed by atoms with E-state index in [1.54, 1.807) is 36.5 Å². The summed E-state index contributed by atoms with van der Waals surface area (Å²) in [6.07, 6.45) is 1.56. The van der Waals surface area contributed by atoms with Crippen LogP contribution in [0.1, 0.15) is 11.1 Å². The Morgan fingerprint density at radius 1 is 1.19 bits per heavy atom. The quantitative estimate of drug-likeness (QED) is 0.855.